The number of nitrogens with zero attached hydrogens (tertiary/aromatic N) is 3. The standard InChI is InChI=1S/C15H28N4O2/c1-3-17(4-2)14(21)19-10-8-18(9-11-19)13(20)12-15(16)6-5-7-15/h3-12,16H2,1-2H3. The summed E-state index contributed by atoms with van der Waals surface area (Å²) in [7, 11) is 0. The Morgan fingerprint density at radius 2 is 1.57 bits per heavy atom. The van der Waals surface area contributed by atoms with E-state index < -0.39 is 0 Å². The number of rotatable bonds is 4. The Morgan fingerprint density at radius 1 is 1.05 bits per heavy atom. The van der Waals surface area contributed by atoms with Gasteiger partial charge in [-0.1, -0.05) is 0 Å². The summed E-state index contributed by atoms with van der Waals surface area (Å²) in [5.74, 6) is 0.145. The molecule has 0 aromatic rings. The molecule has 2 aliphatic rings. The zero-order valence-corrected chi connectivity index (χ0v) is 13.3. The summed E-state index contributed by atoms with van der Waals surface area (Å²) in [5.41, 5.74) is 5.88. The second-order valence-electron chi connectivity index (χ2n) is 6.22. The van der Waals surface area contributed by atoms with Crippen LogP contribution in [0, 0.1) is 0 Å². The molecular weight excluding hydrogens is 268 g/mol. The monoisotopic (exact) mass is 296 g/mol. The predicted molar refractivity (Wildman–Crippen MR) is 81.9 cm³/mol. The maximum atomic E-state index is 12.3. The first-order valence-corrected chi connectivity index (χ1v) is 8.09. The highest BCUT2D eigenvalue weighted by Crippen LogP contribution is 2.32. The molecule has 0 unspecified atom stereocenters. The molecular formula is C15H28N4O2. The van der Waals surface area contributed by atoms with Crippen molar-refractivity contribution in [2.24, 2.45) is 5.73 Å². The molecule has 6 heteroatoms. The lowest BCUT2D eigenvalue weighted by Gasteiger charge is -2.41. The SMILES string of the molecule is CCN(CC)C(=O)N1CCN(C(=O)CC2(N)CCC2)CC1. The normalized spacial score (nSPS) is 20.9. The van der Waals surface area contributed by atoms with Crippen LogP contribution >= 0.6 is 0 Å². The molecule has 2 N–H and O–H groups in total. The number of urea groups is 1. The van der Waals surface area contributed by atoms with Gasteiger partial charge in [0.25, 0.3) is 0 Å². The van der Waals surface area contributed by atoms with Crippen molar-refractivity contribution >= 4 is 11.9 Å². The zero-order chi connectivity index (χ0) is 15.5. The highest BCUT2D eigenvalue weighted by Gasteiger charge is 2.36. The minimum absolute atomic E-state index is 0.0846. The molecule has 0 aromatic carbocycles. The van der Waals surface area contributed by atoms with Gasteiger partial charge in [-0.05, 0) is 33.1 Å². The number of amides is 3. The molecule has 0 aromatic heterocycles. The highest BCUT2D eigenvalue weighted by molar-refractivity contribution is 5.78. The first-order valence-electron chi connectivity index (χ1n) is 8.09. The lowest BCUT2D eigenvalue weighted by atomic mass is 9.75. The Kier molecular flexibility index (Phi) is 5.08. The molecule has 0 spiro atoms. The molecule has 1 aliphatic carbocycles. The van der Waals surface area contributed by atoms with Gasteiger partial charge in [0, 0.05) is 51.2 Å². The van der Waals surface area contributed by atoms with Gasteiger partial charge in [0.2, 0.25) is 5.91 Å². The lowest BCUT2D eigenvalue weighted by Crippen LogP contribution is -2.56. The Bertz CT molecular complexity index is 383. The molecule has 2 fully saturated rings. The number of piperazine rings is 1. The van der Waals surface area contributed by atoms with Crippen molar-refractivity contribution in [1.82, 2.24) is 14.7 Å². The van der Waals surface area contributed by atoms with Gasteiger partial charge in [-0.25, -0.2) is 4.79 Å². The van der Waals surface area contributed by atoms with Crippen LogP contribution in [0.5, 0.6) is 0 Å². The fourth-order valence-corrected chi connectivity index (χ4v) is 3.06. The summed E-state index contributed by atoms with van der Waals surface area (Å²) in [4.78, 5) is 30.0. The Hall–Kier alpha value is -1.30. The number of carbonyl (C=O) groups excluding carboxylic acids is 2. The highest BCUT2D eigenvalue weighted by atomic mass is 16.2. The van der Waals surface area contributed by atoms with Gasteiger partial charge in [0.15, 0.2) is 0 Å². The largest absolute Gasteiger partial charge is 0.339 e. The fraction of sp³-hybridized carbons (Fsp3) is 0.867. The molecule has 3 amide bonds. The summed E-state index contributed by atoms with van der Waals surface area (Å²) >= 11 is 0. The van der Waals surface area contributed by atoms with E-state index in [9.17, 15) is 9.59 Å². The first kappa shape index (κ1) is 16.1. The van der Waals surface area contributed by atoms with Crippen LogP contribution in [0.15, 0.2) is 0 Å². The Balaban J connectivity index is 1.80. The summed E-state index contributed by atoms with van der Waals surface area (Å²) in [6.07, 6.45) is 3.51. The van der Waals surface area contributed by atoms with Crippen LogP contribution in [0.2, 0.25) is 0 Å². The molecule has 1 saturated heterocycles. The third-order valence-electron chi connectivity index (χ3n) is 4.79. The molecule has 21 heavy (non-hydrogen) atoms. The van der Waals surface area contributed by atoms with Gasteiger partial charge >= 0.3 is 6.03 Å². The van der Waals surface area contributed by atoms with E-state index >= 15 is 0 Å². The third-order valence-corrected chi connectivity index (χ3v) is 4.79. The van der Waals surface area contributed by atoms with E-state index in [0.717, 1.165) is 32.4 Å². The van der Waals surface area contributed by atoms with Crippen molar-refractivity contribution in [1.29, 1.82) is 0 Å². The van der Waals surface area contributed by atoms with Crippen LogP contribution < -0.4 is 5.73 Å². The van der Waals surface area contributed by atoms with E-state index in [1.54, 1.807) is 0 Å². The molecule has 2 rings (SSSR count). The molecule has 0 bridgehead atoms. The molecule has 0 radical (unpaired) electrons. The number of carbonyl (C=O) groups is 2. The molecule has 120 valence electrons. The van der Waals surface area contributed by atoms with E-state index in [2.05, 4.69) is 0 Å². The Morgan fingerprint density at radius 3 is 2.00 bits per heavy atom. The summed E-state index contributed by atoms with van der Waals surface area (Å²) in [6.45, 7) is 7.93. The number of hydrogen-bond acceptors (Lipinski definition) is 3. The quantitative estimate of drug-likeness (QED) is 0.836. The average molecular weight is 296 g/mol. The summed E-state index contributed by atoms with van der Waals surface area (Å²) < 4.78 is 0. The predicted octanol–water partition coefficient (Wildman–Crippen LogP) is 0.864. The first-order chi connectivity index (χ1) is 9.99. The third kappa shape index (κ3) is 3.67. The smallest absolute Gasteiger partial charge is 0.320 e. The van der Waals surface area contributed by atoms with Crippen LogP contribution in [0.3, 0.4) is 0 Å². The van der Waals surface area contributed by atoms with E-state index in [-0.39, 0.29) is 17.5 Å². The summed E-state index contributed by atoms with van der Waals surface area (Å²) in [6, 6.07) is 0.0846. The molecule has 1 saturated carbocycles. The number of hydrogen-bond donors (Lipinski definition) is 1. The van der Waals surface area contributed by atoms with Gasteiger partial charge in [-0.2, -0.15) is 0 Å². The van der Waals surface area contributed by atoms with Crippen LogP contribution in [0.4, 0.5) is 4.79 Å². The van der Waals surface area contributed by atoms with Gasteiger partial charge in [0.1, 0.15) is 0 Å². The molecule has 0 atom stereocenters. The van der Waals surface area contributed by atoms with Gasteiger partial charge < -0.3 is 20.4 Å². The maximum absolute atomic E-state index is 12.3. The van der Waals surface area contributed by atoms with Gasteiger partial charge in [-0.15, -0.1) is 0 Å². The van der Waals surface area contributed by atoms with Crippen LogP contribution in [0.1, 0.15) is 39.5 Å². The number of nitrogens with two attached hydrogens (primary N) is 1. The van der Waals surface area contributed by atoms with E-state index in [4.69, 9.17) is 5.73 Å². The second kappa shape index (κ2) is 6.64. The van der Waals surface area contributed by atoms with E-state index in [0.29, 0.717) is 32.6 Å². The summed E-state index contributed by atoms with van der Waals surface area (Å²) in [5, 5.41) is 0. The van der Waals surface area contributed by atoms with Crippen molar-refractivity contribution < 1.29 is 9.59 Å². The fourth-order valence-electron chi connectivity index (χ4n) is 3.06. The molecule has 1 aliphatic heterocycles. The average Bonchev–Trinajstić information content (AvgIpc) is 2.47. The second-order valence-corrected chi connectivity index (χ2v) is 6.22. The van der Waals surface area contributed by atoms with Crippen molar-refractivity contribution in [3.63, 3.8) is 0 Å². The molecule has 1 heterocycles. The van der Waals surface area contributed by atoms with Gasteiger partial charge in [-0.3, -0.25) is 4.79 Å². The van der Waals surface area contributed by atoms with E-state index in [1.807, 2.05) is 28.5 Å². The maximum Gasteiger partial charge on any atom is 0.320 e. The topological polar surface area (TPSA) is 69.9 Å². The van der Waals surface area contributed by atoms with Crippen LogP contribution in [-0.2, 0) is 4.79 Å². The van der Waals surface area contributed by atoms with Crippen LogP contribution in [-0.4, -0.2) is 71.4 Å². The van der Waals surface area contributed by atoms with E-state index in [1.165, 1.54) is 0 Å². The minimum Gasteiger partial charge on any atom is -0.339 e. The Labute approximate surface area is 127 Å². The van der Waals surface area contributed by atoms with Crippen molar-refractivity contribution in [3.8, 4) is 0 Å². The minimum atomic E-state index is -0.259. The zero-order valence-electron chi connectivity index (χ0n) is 13.3. The van der Waals surface area contributed by atoms with Gasteiger partial charge in [0.05, 0.1) is 0 Å². The lowest BCUT2D eigenvalue weighted by molar-refractivity contribution is -0.134. The van der Waals surface area contributed by atoms with Crippen LogP contribution in [0.25, 0.3) is 0 Å². The van der Waals surface area contributed by atoms with Crippen molar-refractivity contribution in [3.05, 3.63) is 0 Å². The van der Waals surface area contributed by atoms with Crippen molar-refractivity contribution in [2.75, 3.05) is 39.3 Å². The molecule has 6 nitrogen and oxygen atoms in total. The van der Waals surface area contributed by atoms with Crippen molar-refractivity contribution in [2.45, 2.75) is 45.1 Å².